The molecule has 4 heterocycles. The van der Waals surface area contributed by atoms with Crippen LogP contribution in [0.25, 0.3) is 0 Å². The molecule has 3 atom stereocenters. The third-order valence-corrected chi connectivity index (χ3v) is 5.79. The highest BCUT2D eigenvalue weighted by Gasteiger charge is 2.56. The first kappa shape index (κ1) is 18.2. The summed E-state index contributed by atoms with van der Waals surface area (Å²) in [5, 5.41) is 10.8. The third kappa shape index (κ3) is 3.48. The maximum Gasteiger partial charge on any atom is 0.250 e. The molecular weight excluding hydrogens is 382 g/mol. The number of fused-ring (bicyclic) bond motifs is 1. The number of anilines is 2. The van der Waals surface area contributed by atoms with Crippen molar-refractivity contribution in [2.75, 3.05) is 43.1 Å². The normalized spacial score (nSPS) is 25.3. The largest absolute Gasteiger partial charge is 0.475 e. The van der Waals surface area contributed by atoms with Crippen molar-refractivity contribution in [3.05, 3.63) is 35.8 Å². The van der Waals surface area contributed by atoms with Crippen LogP contribution >= 0.6 is 0 Å². The van der Waals surface area contributed by atoms with Crippen molar-refractivity contribution in [2.24, 2.45) is 17.8 Å². The summed E-state index contributed by atoms with van der Waals surface area (Å²) in [6.07, 6.45) is 3.83. The van der Waals surface area contributed by atoms with Crippen molar-refractivity contribution in [2.45, 2.75) is 6.04 Å². The summed E-state index contributed by atoms with van der Waals surface area (Å²) in [6, 6.07) is 0.975. The van der Waals surface area contributed by atoms with Crippen LogP contribution in [0.5, 0.6) is 5.88 Å². The predicted molar refractivity (Wildman–Crippen MR) is 100 cm³/mol. The summed E-state index contributed by atoms with van der Waals surface area (Å²) in [6.45, 7) is 3.27. The molecule has 8 nitrogen and oxygen atoms in total. The molecule has 0 aromatic carbocycles. The highest BCUT2D eigenvalue weighted by Crippen LogP contribution is 2.52. The molecule has 10 heteroatoms. The van der Waals surface area contributed by atoms with E-state index in [9.17, 15) is 8.78 Å². The lowest BCUT2D eigenvalue weighted by molar-refractivity contribution is 0.0209. The molecule has 2 aromatic heterocycles. The van der Waals surface area contributed by atoms with E-state index in [1.54, 1.807) is 6.20 Å². The Kier molecular flexibility index (Phi) is 4.50. The fourth-order valence-electron chi connectivity index (χ4n) is 4.03. The van der Waals surface area contributed by atoms with Crippen molar-refractivity contribution in [1.82, 2.24) is 15.0 Å². The van der Waals surface area contributed by atoms with Gasteiger partial charge in [-0.3, -0.25) is 0 Å². The Balaban J connectivity index is 1.19. The van der Waals surface area contributed by atoms with Crippen LogP contribution in [-0.4, -0.2) is 60.1 Å². The van der Waals surface area contributed by atoms with Gasteiger partial charge in [-0.15, -0.1) is 0 Å². The maximum atomic E-state index is 13.6. The topological polar surface area (TPSA) is 96.3 Å². The molecule has 3 fully saturated rings. The minimum Gasteiger partial charge on any atom is -0.475 e. The van der Waals surface area contributed by atoms with Gasteiger partial charge in [0.2, 0.25) is 0 Å². The molecule has 2 saturated heterocycles. The van der Waals surface area contributed by atoms with Gasteiger partial charge < -0.3 is 25.1 Å². The minimum atomic E-state index is -0.782. The Hall–Kier alpha value is -2.88. The van der Waals surface area contributed by atoms with E-state index in [2.05, 4.69) is 25.2 Å². The van der Waals surface area contributed by atoms with Crippen molar-refractivity contribution in [3.8, 4) is 5.88 Å². The summed E-state index contributed by atoms with van der Waals surface area (Å²) < 4.78 is 37.2. The second-order valence-corrected chi connectivity index (χ2v) is 7.63. The van der Waals surface area contributed by atoms with Crippen LogP contribution in [0.3, 0.4) is 0 Å². The SMILES string of the molecule is N=Cc1ncc(N2C[C@@H]3C(COc4ncc(F)cc4F)[C@@H]3C2)nc1NC1COC1. The molecule has 3 aliphatic rings. The van der Waals surface area contributed by atoms with E-state index in [0.717, 1.165) is 31.2 Å². The number of halogens is 2. The molecule has 2 aromatic rings. The van der Waals surface area contributed by atoms with Gasteiger partial charge in [0, 0.05) is 31.3 Å². The van der Waals surface area contributed by atoms with E-state index in [1.807, 2.05) is 0 Å². The molecule has 152 valence electrons. The summed E-state index contributed by atoms with van der Waals surface area (Å²) in [4.78, 5) is 14.8. The fourth-order valence-corrected chi connectivity index (χ4v) is 4.03. The fraction of sp³-hybridized carbons (Fsp3) is 0.474. The molecule has 0 radical (unpaired) electrons. The van der Waals surface area contributed by atoms with Crippen LogP contribution in [0.4, 0.5) is 20.4 Å². The molecular formula is C19H20F2N6O2. The highest BCUT2D eigenvalue weighted by molar-refractivity contribution is 5.82. The smallest absolute Gasteiger partial charge is 0.250 e. The molecule has 0 bridgehead atoms. The Labute approximate surface area is 165 Å². The van der Waals surface area contributed by atoms with Crippen LogP contribution in [0.15, 0.2) is 18.5 Å². The van der Waals surface area contributed by atoms with E-state index < -0.39 is 11.6 Å². The molecule has 5 rings (SSSR count). The average Bonchev–Trinajstić information content (AvgIpc) is 3.13. The Morgan fingerprint density at radius 2 is 2.03 bits per heavy atom. The molecule has 2 N–H and O–H groups in total. The summed E-state index contributed by atoms with van der Waals surface area (Å²) in [5.74, 6) is 0.936. The molecule has 1 unspecified atom stereocenters. The molecule has 0 amide bonds. The molecule has 1 saturated carbocycles. The van der Waals surface area contributed by atoms with Crippen LogP contribution in [-0.2, 0) is 4.74 Å². The summed E-state index contributed by atoms with van der Waals surface area (Å²) >= 11 is 0. The van der Waals surface area contributed by atoms with Gasteiger partial charge in [0.1, 0.15) is 17.3 Å². The number of hydrogen-bond donors (Lipinski definition) is 2. The van der Waals surface area contributed by atoms with Gasteiger partial charge in [0.15, 0.2) is 11.6 Å². The Bertz CT molecular complexity index is 929. The van der Waals surface area contributed by atoms with Crippen molar-refractivity contribution < 1.29 is 18.3 Å². The number of pyridine rings is 1. The van der Waals surface area contributed by atoms with Crippen LogP contribution in [0, 0.1) is 34.8 Å². The zero-order valence-corrected chi connectivity index (χ0v) is 15.5. The molecule has 1 aliphatic carbocycles. The zero-order chi connectivity index (χ0) is 20.0. The van der Waals surface area contributed by atoms with Gasteiger partial charge in [-0.2, -0.15) is 0 Å². The van der Waals surface area contributed by atoms with Gasteiger partial charge in [0.25, 0.3) is 5.88 Å². The lowest BCUT2D eigenvalue weighted by Gasteiger charge is -2.28. The average molecular weight is 402 g/mol. The number of rotatable bonds is 7. The number of piperidine rings is 1. The van der Waals surface area contributed by atoms with Gasteiger partial charge in [-0.25, -0.2) is 23.7 Å². The van der Waals surface area contributed by atoms with Crippen LogP contribution in [0.1, 0.15) is 5.69 Å². The summed E-state index contributed by atoms with van der Waals surface area (Å²) in [7, 11) is 0. The van der Waals surface area contributed by atoms with Gasteiger partial charge in [-0.05, 0) is 11.8 Å². The molecule has 29 heavy (non-hydrogen) atoms. The molecule has 2 aliphatic heterocycles. The number of nitrogens with one attached hydrogen (secondary N) is 2. The van der Waals surface area contributed by atoms with Crippen LogP contribution < -0.4 is 15.0 Å². The van der Waals surface area contributed by atoms with Crippen molar-refractivity contribution in [3.63, 3.8) is 0 Å². The number of hydrogen-bond acceptors (Lipinski definition) is 8. The second kappa shape index (κ2) is 7.18. The van der Waals surface area contributed by atoms with Crippen LogP contribution in [0.2, 0.25) is 0 Å². The quantitative estimate of drug-likeness (QED) is 0.681. The maximum absolute atomic E-state index is 13.6. The number of ether oxygens (including phenoxy) is 2. The van der Waals surface area contributed by atoms with Gasteiger partial charge in [0.05, 0.1) is 38.3 Å². The van der Waals surface area contributed by atoms with E-state index in [1.165, 1.54) is 6.21 Å². The standard InChI is InChI=1S/C19H20F2N6O2/c20-10-1-15(21)19(24-3-10)29-9-14-12-5-27(6-13(12)14)17-4-23-16(2-22)18(26-17)25-11-7-28-8-11/h1-4,11-14,22H,5-9H2,(H,25,26)/t12-,13+,14?. The van der Waals surface area contributed by atoms with Gasteiger partial charge in [-0.1, -0.05) is 0 Å². The minimum absolute atomic E-state index is 0.156. The van der Waals surface area contributed by atoms with E-state index in [4.69, 9.17) is 14.9 Å². The zero-order valence-electron chi connectivity index (χ0n) is 15.5. The summed E-state index contributed by atoms with van der Waals surface area (Å²) in [5.41, 5.74) is 0.505. The first-order valence-corrected chi connectivity index (χ1v) is 9.53. The lowest BCUT2D eigenvalue weighted by Crippen LogP contribution is -2.41. The number of aromatic nitrogens is 3. The highest BCUT2D eigenvalue weighted by atomic mass is 19.1. The monoisotopic (exact) mass is 402 g/mol. The van der Waals surface area contributed by atoms with Gasteiger partial charge >= 0.3 is 0 Å². The first-order valence-electron chi connectivity index (χ1n) is 9.53. The van der Waals surface area contributed by atoms with E-state index >= 15 is 0 Å². The van der Waals surface area contributed by atoms with Crippen molar-refractivity contribution >= 4 is 17.9 Å². The number of nitrogens with zero attached hydrogens (tertiary/aromatic N) is 4. The Morgan fingerprint density at radius 1 is 1.24 bits per heavy atom. The predicted octanol–water partition coefficient (Wildman–Crippen LogP) is 1.72. The van der Waals surface area contributed by atoms with Crippen molar-refractivity contribution in [1.29, 1.82) is 5.41 Å². The second-order valence-electron chi connectivity index (χ2n) is 7.63. The first-order chi connectivity index (χ1) is 14.1. The van der Waals surface area contributed by atoms with E-state index in [0.29, 0.717) is 49.1 Å². The van der Waals surface area contributed by atoms with E-state index in [-0.39, 0.29) is 11.9 Å². The Morgan fingerprint density at radius 3 is 2.69 bits per heavy atom. The third-order valence-electron chi connectivity index (χ3n) is 5.79. The lowest BCUT2D eigenvalue weighted by atomic mass is 10.2. The molecule has 0 spiro atoms.